The van der Waals surface area contributed by atoms with Crippen molar-refractivity contribution in [2.24, 2.45) is 11.7 Å². The predicted molar refractivity (Wildman–Crippen MR) is 103 cm³/mol. The number of piperidine rings is 1. The second-order valence-corrected chi connectivity index (χ2v) is 10.2. The van der Waals surface area contributed by atoms with Crippen LogP contribution in [0.4, 0.5) is 0 Å². The molecule has 6 nitrogen and oxygen atoms in total. The molecule has 1 saturated carbocycles. The van der Waals surface area contributed by atoms with Gasteiger partial charge in [0, 0.05) is 19.0 Å². The summed E-state index contributed by atoms with van der Waals surface area (Å²) in [7, 11) is -3.81. The number of hydrogen-bond acceptors (Lipinski definition) is 4. The highest BCUT2D eigenvalue weighted by Gasteiger charge is 2.55. The molecule has 0 aromatic heterocycles. The smallest absolute Gasteiger partial charge is 0.244 e. The monoisotopic (exact) mass is 392 g/mol. The molecule has 148 valence electrons. The number of carbonyl (C=O) groups is 2. The molecule has 2 amide bonds. The van der Waals surface area contributed by atoms with E-state index in [1.54, 1.807) is 24.0 Å². The van der Waals surface area contributed by atoms with E-state index in [1.165, 1.54) is 0 Å². The maximum Gasteiger partial charge on any atom is 0.244 e. The summed E-state index contributed by atoms with van der Waals surface area (Å²) >= 11 is 0. The van der Waals surface area contributed by atoms with Gasteiger partial charge >= 0.3 is 0 Å². The van der Waals surface area contributed by atoms with E-state index >= 15 is 0 Å². The third-order valence-corrected chi connectivity index (χ3v) is 8.76. The highest BCUT2D eigenvalue weighted by atomic mass is 32.2. The van der Waals surface area contributed by atoms with Crippen LogP contribution >= 0.6 is 0 Å². The van der Waals surface area contributed by atoms with Crippen LogP contribution < -0.4 is 5.73 Å². The normalized spacial score (nSPS) is 20.6. The fourth-order valence-electron chi connectivity index (χ4n) is 4.41. The first-order valence-electron chi connectivity index (χ1n) is 9.59. The van der Waals surface area contributed by atoms with E-state index in [1.807, 2.05) is 13.0 Å². The van der Waals surface area contributed by atoms with Crippen LogP contribution in [-0.4, -0.2) is 43.0 Å². The largest absolute Gasteiger partial charge is 0.369 e. The maximum absolute atomic E-state index is 13.7. The zero-order chi connectivity index (χ0) is 19.8. The van der Waals surface area contributed by atoms with Crippen LogP contribution in [-0.2, 0) is 19.4 Å². The number of nitrogens with two attached hydrogens (primary N) is 1. The van der Waals surface area contributed by atoms with Crippen molar-refractivity contribution in [1.29, 1.82) is 0 Å². The Bertz CT molecular complexity index is 849. The van der Waals surface area contributed by atoms with Crippen LogP contribution in [0, 0.1) is 19.8 Å². The van der Waals surface area contributed by atoms with Crippen molar-refractivity contribution >= 4 is 21.7 Å². The second-order valence-electron chi connectivity index (χ2n) is 7.94. The van der Waals surface area contributed by atoms with Crippen LogP contribution in [0.3, 0.4) is 0 Å². The number of carbonyl (C=O) groups excluding carboxylic acids is 2. The van der Waals surface area contributed by atoms with Gasteiger partial charge in [0.25, 0.3) is 0 Å². The van der Waals surface area contributed by atoms with Crippen molar-refractivity contribution < 1.29 is 18.0 Å². The van der Waals surface area contributed by atoms with Gasteiger partial charge in [-0.05, 0) is 56.7 Å². The molecule has 0 atom stereocenters. The third-order valence-electron chi connectivity index (χ3n) is 6.13. The lowest BCUT2D eigenvalue weighted by Gasteiger charge is -2.37. The molecule has 0 spiro atoms. The van der Waals surface area contributed by atoms with Crippen molar-refractivity contribution in [2.45, 2.75) is 62.0 Å². The fourth-order valence-corrected chi connectivity index (χ4v) is 6.85. The van der Waals surface area contributed by atoms with Crippen LogP contribution in [0.1, 0.15) is 49.7 Å². The fraction of sp³-hybridized carbons (Fsp3) is 0.600. The predicted octanol–water partition coefficient (Wildman–Crippen LogP) is 2.11. The number of hydrogen-bond donors (Lipinski definition) is 1. The molecule has 0 bridgehead atoms. The van der Waals surface area contributed by atoms with E-state index < -0.39 is 14.6 Å². The average Bonchev–Trinajstić information content (AvgIpc) is 3.14. The van der Waals surface area contributed by atoms with E-state index in [9.17, 15) is 18.0 Å². The molecule has 1 heterocycles. The first-order chi connectivity index (χ1) is 12.7. The number of benzene rings is 1. The Hall–Kier alpha value is -1.89. The van der Waals surface area contributed by atoms with Crippen LogP contribution in [0.25, 0.3) is 0 Å². The van der Waals surface area contributed by atoms with E-state index in [4.69, 9.17) is 5.73 Å². The van der Waals surface area contributed by atoms with Gasteiger partial charge in [-0.25, -0.2) is 8.42 Å². The summed E-state index contributed by atoms with van der Waals surface area (Å²) in [6, 6.07) is 5.36. The molecule has 3 rings (SSSR count). The van der Waals surface area contributed by atoms with Crippen molar-refractivity contribution in [3.8, 4) is 0 Å². The molecule has 1 saturated heterocycles. The molecule has 1 aliphatic carbocycles. The first-order valence-corrected chi connectivity index (χ1v) is 11.1. The van der Waals surface area contributed by atoms with E-state index in [2.05, 4.69) is 0 Å². The van der Waals surface area contributed by atoms with Crippen LogP contribution in [0.2, 0.25) is 0 Å². The molecule has 2 fully saturated rings. The van der Waals surface area contributed by atoms with E-state index in [0.717, 1.165) is 18.4 Å². The molecular weight excluding hydrogens is 364 g/mol. The van der Waals surface area contributed by atoms with Crippen molar-refractivity contribution in [1.82, 2.24) is 4.90 Å². The quantitative estimate of drug-likeness (QED) is 0.848. The van der Waals surface area contributed by atoms with Gasteiger partial charge < -0.3 is 10.6 Å². The maximum atomic E-state index is 13.7. The van der Waals surface area contributed by atoms with Crippen molar-refractivity contribution in [3.05, 3.63) is 29.3 Å². The summed E-state index contributed by atoms with van der Waals surface area (Å²) in [6.07, 6.45) is 3.18. The standard InChI is InChI=1S/C20H28N2O4S/c1-14-5-6-15(2)17(13-14)27(25,26)20(9-3-4-10-20)19(24)22-11-7-16(8-12-22)18(21)23/h5-6,13,16H,3-4,7-12H2,1-2H3,(H2,21,23). The second kappa shape index (κ2) is 7.26. The summed E-state index contributed by atoms with van der Waals surface area (Å²) in [5, 5.41) is 0. The van der Waals surface area contributed by atoms with Gasteiger partial charge in [-0.3, -0.25) is 9.59 Å². The lowest BCUT2D eigenvalue weighted by molar-refractivity contribution is -0.137. The molecule has 2 aliphatic rings. The number of rotatable bonds is 4. The summed E-state index contributed by atoms with van der Waals surface area (Å²) in [5.74, 6) is -0.881. The van der Waals surface area contributed by atoms with Gasteiger partial charge in [0.15, 0.2) is 14.6 Å². The zero-order valence-electron chi connectivity index (χ0n) is 16.0. The Morgan fingerprint density at radius 2 is 1.70 bits per heavy atom. The minimum absolute atomic E-state index is 0.232. The van der Waals surface area contributed by atoms with Gasteiger partial charge in [0.05, 0.1) is 4.90 Å². The molecule has 1 aliphatic heterocycles. The van der Waals surface area contributed by atoms with Crippen molar-refractivity contribution in [2.75, 3.05) is 13.1 Å². The van der Waals surface area contributed by atoms with Gasteiger partial charge in [-0.1, -0.05) is 25.0 Å². The van der Waals surface area contributed by atoms with Crippen molar-refractivity contribution in [3.63, 3.8) is 0 Å². The third kappa shape index (κ3) is 3.37. The topological polar surface area (TPSA) is 97.5 Å². The summed E-state index contributed by atoms with van der Waals surface area (Å²) in [6.45, 7) is 4.40. The van der Waals surface area contributed by atoms with E-state index in [-0.39, 0.29) is 22.6 Å². The molecular formula is C20H28N2O4S. The average molecular weight is 393 g/mol. The number of likely N-dealkylation sites (tertiary alicyclic amines) is 1. The molecule has 1 aromatic rings. The highest BCUT2D eigenvalue weighted by Crippen LogP contribution is 2.43. The lowest BCUT2D eigenvalue weighted by atomic mass is 9.94. The minimum Gasteiger partial charge on any atom is -0.369 e. The number of nitrogens with zero attached hydrogens (tertiary/aromatic N) is 1. The molecule has 0 radical (unpaired) electrons. The number of amides is 2. The molecule has 7 heteroatoms. The SMILES string of the molecule is Cc1ccc(C)c(S(=O)(=O)C2(C(=O)N3CCC(C(N)=O)CC3)CCCC2)c1. The van der Waals surface area contributed by atoms with E-state index in [0.29, 0.717) is 44.3 Å². The minimum atomic E-state index is -3.81. The Labute approximate surface area is 161 Å². The Kier molecular flexibility index (Phi) is 5.34. The first kappa shape index (κ1) is 19.9. The Morgan fingerprint density at radius 3 is 2.26 bits per heavy atom. The van der Waals surface area contributed by atoms with Gasteiger partial charge in [-0.2, -0.15) is 0 Å². The Morgan fingerprint density at radius 1 is 1.11 bits per heavy atom. The summed E-state index contributed by atoms with van der Waals surface area (Å²) in [4.78, 5) is 26.7. The number of primary amides is 1. The molecule has 2 N–H and O–H groups in total. The molecule has 27 heavy (non-hydrogen) atoms. The number of sulfone groups is 1. The van der Waals surface area contributed by atoms with Gasteiger partial charge in [0.2, 0.25) is 11.8 Å². The number of aryl methyl sites for hydroxylation is 2. The zero-order valence-corrected chi connectivity index (χ0v) is 16.8. The van der Waals surface area contributed by atoms with Gasteiger partial charge in [0.1, 0.15) is 0 Å². The lowest BCUT2D eigenvalue weighted by Crippen LogP contribution is -2.54. The highest BCUT2D eigenvalue weighted by molar-refractivity contribution is 7.93. The molecule has 1 aromatic carbocycles. The summed E-state index contributed by atoms with van der Waals surface area (Å²) in [5.41, 5.74) is 6.91. The van der Waals surface area contributed by atoms with Crippen LogP contribution in [0.15, 0.2) is 23.1 Å². The molecule has 0 unspecified atom stereocenters. The Balaban J connectivity index is 1.95. The van der Waals surface area contributed by atoms with Gasteiger partial charge in [-0.15, -0.1) is 0 Å². The summed E-state index contributed by atoms with van der Waals surface area (Å²) < 4.78 is 25.9. The van der Waals surface area contributed by atoms with Crippen LogP contribution in [0.5, 0.6) is 0 Å².